The molecular formula is C17H15N3O. The lowest BCUT2D eigenvalue weighted by Gasteiger charge is -2.23. The first kappa shape index (κ1) is 12.3. The van der Waals surface area contributed by atoms with E-state index in [0.29, 0.717) is 11.7 Å². The van der Waals surface area contributed by atoms with Crippen LogP contribution >= 0.6 is 0 Å². The molecule has 0 fully saturated rings. The summed E-state index contributed by atoms with van der Waals surface area (Å²) in [6.45, 7) is 1.72. The van der Waals surface area contributed by atoms with Gasteiger partial charge in [-0.05, 0) is 11.1 Å². The van der Waals surface area contributed by atoms with Crippen LogP contribution in [0.5, 0.6) is 0 Å². The minimum Gasteiger partial charge on any atom is -0.338 e. The van der Waals surface area contributed by atoms with Gasteiger partial charge in [0, 0.05) is 18.7 Å². The third kappa shape index (κ3) is 2.23. The van der Waals surface area contributed by atoms with Crippen LogP contribution in [-0.2, 0) is 6.54 Å². The molecule has 1 atom stereocenters. The third-order valence-corrected chi connectivity index (χ3v) is 3.87. The second-order valence-corrected chi connectivity index (χ2v) is 5.20. The number of hydrogen-bond donors (Lipinski definition) is 1. The quantitative estimate of drug-likeness (QED) is 0.782. The summed E-state index contributed by atoms with van der Waals surface area (Å²) < 4.78 is 5.51. The Morgan fingerprint density at radius 3 is 2.71 bits per heavy atom. The van der Waals surface area contributed by atoms with E-state index in [-0.39, 0.29) is 5.92 Å². The second-order valence-electron chi connectivity index (χ2n) is 5.20. The van der Waals surface area contributed by atoms with E-state index in [0.717, 1.165) is 18.7 Å². The van der Waals surface area contributed by atoms with Crippen molar-refractivity contribution in [1.82, 2.24) is 15.5 Å². The zero-order chi connectivity index (χ0) is 14.1. The lowest BCUT2D eigenvalue weighted by Crippen LogP contribution is -2.28. The van der Waals surface area contributed by atoms with Crippen molar-refractivity contribution in [1.29, 1.82) is 0 Å². The monoisotopic (exact) mass is 277 g/mol. The van der Waals surface area contributed by atoms with Crippen LogP contribution in [-0.4, -0.2) is 16.7 Å². The van der Waals surface area contributed by atoms with Crippen LogP contribution in [0.4, 0.5) is 0 Å². The summed E-state index contributed by atoms with van der Waals surface area (Å²) in [7, 11) is 0. The van der Waals surface area contributed by atoms with Crippen LogP contribution in [0, 0.1) is 0 Å². The summed E-state index contributed by atoms with van der Waals surface area (Å²) in [6.07, 6.45) is 0. The van der Waals surface area contributed by atoms with Gasteiger partial charge in [-0.3, -0.25) is 0 Å². The van der Waals surface area contributed by atoms with E-state index in [1.165, 1.54) is 11.1 Å². The maximum absolute atomic E-state index is 5.51. The zero-order valence-electron chi connectivity index (χ0n) is 11.5. The molecule has 4 nitrogen and oxygen atoms in total. The summed E-state index contributed by atoms with van der Waals surface area (Å²) in [5.74, 6) is 1.45. The predicted molar refractivity (Wildman–Crippen MR) is 79.7 cm³/mol. The molecule has 0 aliphatic carbocycles. The molecule has 2 aromatic carbocycles. The minimum atomic E-state index is 0.125. The summed E-state index contributed by atoms with van der Waals surface area (Å²) in [4.78, 5) is 4.59. The molecule has 104 valence electrons. The molecule has 21 heavy (non-hydrogen) atoms. The Morgan fingerprint density at radius 1 is 1.00 bits per heavy atom. The van der Waals surface area contributed by atoms with Crippen molar-refractivity contribution in [2.45, 2.75) is 12.5 Å². The Hall–Kier alpha value is -2.46. The van der Waals surface area contributed by atoms with Gasteiger partial charge < -0.3 is 9.84 Å². The van der Waals surface area contributed by atoms with E-state index in [9.17, 15) is 0 Å². The van der Waals surface area contributed by atoms with Crippen molar-refractivity contribution >= 4 is 0 Å². The van der Waals surface area contributed by atoms with Crippen molar-refractivity contribution in [3.63, 3.8) is 0 Å². The van der Waals surface area contributed by atoms with E-state index >= 15 is 0 Å². The molecule has 1 aliphatic heterocycles. The number of nitrogens with one attached hydrogen (secondary N) is 1. The molecule has 0 bridgehead atoms. The first-order valence-electron chi connectivity index (χ1n) is 7.09. The maximum Gasteiger partial charge on any atom is 0.235 e. The highest BCUT2D eigenvalue weighted by atomic mass is 16.5. The van der Waals surface area contributed by atoms with Crippen LogP contribution in [0.3, 0.4) is 0 Å². The average Bonchev–Trinajstić information content (AvgIpc) is 3.05. The highest BCUT2D eigenvalue weighted by Crippen LogP contribution is 2.30. The number of rotatable bonds is 2. The molecule has 1 aromatic heterocycles. The van der Waals surface area contributed by atoms with Gasteiger partial charge >= 0.3 is 0 Å². The largest absolute Gasteiger partial charge is 0.338 e. The Balaban J connectivity index is 1.71. The Kier molecular flexibility index (Phi) is 3.01. The number of nitrogens with zero attached hydrogens (tertiary/aromatic N) is 2. The molecule has 3 aromatic rings. The van der Waals surface area contributed by atoms with Crippen molar-refractivity contribution in [2.24, 2.45) is 0 Å². The zero-order valence-corrected chi connectivity index (χ0v) is 11.5. The topological polar surface area (TPSA) is 51.0 Å². The first-order valence-corrected chi connectivity index (χ1v) is 7.09. The SMILES string of the molecule is c1ccc(-c2noc(C3CNCc4ccccc43)n2)cc1. The molecule has 2 heterocycles. The first-order chi connectivity index (χ1) is 10.4. The van der Waals surface area contributed by atoms with Crippen LogP contribution in [0.1, 0.15) is 22.9 Å². The molecule has 1 aliphatic rings. The highest BCUT2D eigenvalue weighted by molar-refractivity contribution is 5.53. The van der Waals surface area contributed by atoms with Gasteiger partial charge in [-0.15, -0.1) is 0 Å². The molecule has 0 radical (unpaired) electrons. The molecule has 0 saturated carbocycles. The van der Waals surface area contributed by atoms with Gasteiger partial charge in [-0.1, -0.05) is 59.8 Å². The smallest absolute Gasteiger partial charge is 0.235 e. The lowest BCUT2D eigenvalue weighted by molar-refractivity contribution is 0.356. The number of benzene rings is 2. The van der Waals surface area contributed by atoms with E-state index < -0.39 is 0 Å². The third-order valence-electron chi connectivity index (χ3n) is 3.87. The molecule has 0 spiro atoms. The Labute approximate surface area is 122 Å². The summed E-state index contributed by atoms with van der Waals surface area (Å²) in [5.41, 5.74) is 3.55. The molecule has 0 saturated heterocycles. The highest BCUT2D eigenvalue weighted by Gasteiger charge is 2.26. The molecule has 4 rings (SSSR count). The van der Waals surface area contributed by atoms with Gasteiger partial charge in [-0.2, -0.15) is 4.98 Å². The van der Waals surface area contributed by atoms with Crippen LogP contribution in [0.2, 0.25) is 0 Å². The van der Waals surface area contributed by atoms with Crippen LogP contribution < -0.4 is 5.32 Å². The fraction of sp³-hybridized carbons (Fsp3) is 0.176. The summed E-state index contributed by atoms with van der Waals surface area (Å²) in [5, 5.41) is 7.53. The van der Waals surface area contributed by atoms with Crippen molar-refractivity contribution < 1.29 is 4.52 Å². The van der Waals surface area contributed by atoms with Gasteiger partial charge in [0.15, 0.2) is 0 Å². The standard InChI is InChI=1S/C17H15N3O/c1-2-6-12(7-3-1)16-19-17(21-20-16)15-11-18-10-13-8-4-5-9-14(13)15/h1-9,15,18H,10-11H2. The van der Waals surface area contributed by atoms with Gasteiger partial charge in [0.05, 0.1) is 5.92 Å². The van der Waals surface area contributed by atoms with Gasteiger partial charge in [0.25, 0.3) is 0 Å². The number of aromatic nitrogens is 2. The molecule has 0 amide bonds. The van der Waals surface area contributed by atoms with E-state index in [4.69, 9.17) is 4.52 Å². The van der Waals surface area contributed by atoms with Crippen molar-refractivity contribution in [3.8, 4) is 11.4 Å². The van der Waals surface area contributed by atoms with Crippen LogP contribution in [0.25, 0.3) is 11.4 Å². The molecule has 1 N–H and O–H groups in total. The minimum absolute atomic E-state index is 0.125. The van der Waals surface area contributed by atoms with Gasteiger partial charge in [-0.25, -0.2) is 0 Å². The summed E-state index contributed by atoms with van der Waals surface area (Å²) >= 11 is 0. The molecular weight excluding hydrogens is 262 g/mol. The predicted octanol–water partition coefficient (Wildman–Crippen LogP) is 2.97. The fourth-order valence-corrected chi connectivity index (χ4v) is 2.80. The van der Waals surface area contributed by atoms with Crippen molar-refractivity contribution in [3.05, 3.63) is 71.6 Å². The van der Waals surface area contributed by atoms with Gasteiger partial charge in [0.2, 0.25) is 11.7 Å². The van der Waals surface area contributed by atoms with E-state index in [2.05, 4.69) is 39.7 Å². The maximum atomic E-state index is 5.51. The van der Waals surface area contributed by atoms with Gasteiger partial charge in [0.1, 0.15) is 0 Å². The van der Waals surface area contributed by atoms with Crippen LogP contribution in [0.15, 0.2) is 59.1 Å². The normalized spacial score (nSPS) is 17.4. The number of hydrogen-bond acceptors (Lipinski definition) is 4. The Bertz CT molecular complexity index is 751. The number of fused-ring (bicyclic) bond motifs is 1. The fourth-order valence-electron chi connectivity index (χ4n) is 2.80. The lowest BCUT2D eigenvalue weighted by atomic mass is 9.91. The molecule has 1 unspecified atom stereocenters. The van der Waals surface area contributed by atoms with Crippen molar-refractivity contribution in [2.75, 3.05) is 6.54 Å². The van der Waals surface area contributed by atoms with E-state index in [1.807, 2.05) is 30.3 Å². The Morgan fingerprint density at radius 2 is 1.81 bits per heavy atom. The van der Waals surface area contributed by atoms with E-state index in [1.54, 1.807) is 0 Å². The summed E-state index contributed by atoms with van der Waals surface area (Å²) in [6, 6.07) is 18.3. The average molecular weight is 277 g/mol. The molecule has 4 heteroatoms. The second kappa shape index (κ2) is 5.14.